The quantitative estimate of drug-likeness (QED) is 0.0469. The molecule has 0 rings (SSSR count). The van der Waals surface area contributed by atoms with E-state index in [1.54, 1.807) is 0 Å². The number of unbranched alkanes of at least 4 members (excludes halogenated alkanes) is 20. The molecule has 0 saturated heterocycles. The second-order valence-corrected chi connectivity index (χ2v) is 12.4. The predicted octanol–water partition coefficient (Wildman–Crippen LogP) is 12.4. The Morgan fingerprint density at radius 2 is 0.976 bits per heavy atom. The first kappa shape index (κ1) is 40.4. The van der Waals surface area contributed by atoms with Gasteiger partial charge in [0.2, 0.25) is 0 Å². The summed E-state index contributed by atoms with van der Waals surface area (Å²) in [6.45, 7) is 4.43. The summed E-state index contributed by atoms with van der Waals surface area (Å²) in [5.74, 6) is -0.661. The van der Waals surface area contributed by atoms with Crippen LogP contribution in [0.1, 0.15) is 200 Å². The maximum absolute atomic E-state index is 12.4. The highest BCUT2D eigenvalue weighted by Crippen LogP contribution is 2.17. The summed E-state index contributed by atoms with van der Waals surface area (Å²) in [4.78, 5) is 22.9. The van der Waals surface area contributed by atoms with Crippen molar-refractivity contribution in [2.24, 2.45) is 0 Å². The van der Waals surface area contributed by atoms with Crippen molar-refractivity contribution in [3.63, 3.8) is 0 Å². The van der Waals surface area contributed by atoms with Gasteiger partial charge in [-0.05, 0) is 64.2 Å². The summed E-state index contributed by atoms with van der Waals surface area (Å²) in [6.07, 6.45) is 42.5. The number of hydrogen-bond acceptors (Lipinski definition) is 3. The van der Waals surface area contributed by atoms with Crippen molar-refractivity contribution in [1.29, 1.82) is 0 Å². The van der Waals surface area contributed by atoms with Gasteiger partial charge in [-0.2, -0.15) is 0 Å². The summed E-state index contributed by atoms with van der Waals surface area (Å²) in [5, 5.41) is 8.66. The summed E-state index contributed by atoms with van der Waals surface area (Å²) >= 11 is 0. The maximum Gasteiger partial charge on any atom is 0.306 e. The lowest BCUT2D eigenvalue weighted by molar-refractivity contribution is -0.150. The van der Waals surface area contributed by atoms with E-state index in [0.717, 1.165) is 57.8 Å². The zero-order valence-electron chi connectivity index (χ0n) is 28.1. The number of carboxylic acids is 1. The molecule has 0 aliphatic heterocycles. The van der Waals surface area contributed by atoms with Crippen molar-refractivity contribution in [1.82, 2.24) is 0 Å². The largest absolute Gasteiger partial charge is 0.481 e. The Morgan fingerprint density at radius 1 is 0.524 bits per heavy atom. The van der Waals surface area contributed by atoms with Crippen molar-refractivity contribution < 1.29 is 19.4 Å². The average molecular weight is 591 g/mol. The topological polar surface area (TPSA) is 63.6 Å². The smallest absolute Gasteiger partial charge is 0.306 e. The van der Waals surface area contributed by atoms with Crippen LogP contribution in [0.5, 0.6) is 0 Å². The third-order valence-electron chi connectivity index (χ3n) is 8.16. The van der Waals surface area contributed by atoms with Gasteiger partial charge in [0, 0.05) is 12.8 Å². The van der Waals surface area contributed by atoms with Crippen LogP contribution in [0.25, 0.3) is 0 Å². The Kier molecular flexibility index (Phi) is 32.6. The first-order valence-electron chi connectivity index (χ1n) is 18.3. The number of aliphatic carboxylic acids is 1. The van der Waals surface area contributed by atoms with Crippen molar-refractivity contribution >= 4 is 11.9 Å². The van der Waals surface area contributed by atoms with E-state index in [4.69, 9.17) is 9.84 Å². The number of esters is 1. The van der Waals surface area contributed by atoms with Crippen LogP contribution in [0.3, 0.4) is 0 Å². The summed E-state index contributed by atoms with van der Waals surface area (Å²) in [5.41, 5.74) is 0. The zero-order chi connectivity index (χ0) is 30.8. The molecule has 4 heteroatoms. The van der Waals surface area contributed by atoms with Crippen LogP contribution in [0.2, 0.25) is 0 Å². The lowest BCUT2D eigenvalue weighted by Gasteiger charge is -2.17. The average Bonchev–Trinajstić information content (AvgIpc) is 2.97. The monoisotopic (exact) mass is 591 g/mol. The van der Waals surface area contributed by atoms with Crippen LogP contribution >= 0.6 is 0 Å². The van der Waals surface area contributed by atoms with Gasteiger partial charge in [0.1, 0.15) is 6.10 Å². The van der Waals surface area contributed by atoms with Gasteiger partial charge in [-0.1, -0.05) is 147 Å². The highest BCUT2D eigenvalue weighted by molar-refractivity contribution is 5.69. The highest BCUT2D eigenvalue weighted by atomic mass is 16.5. The first-order chi connectivity index (χ1) is 20.6. The molecule has 1 unspecified atom stereocenters. The van der Waals surface area contributed by atoms with Crippen LogP contribution in [0.4, 0.5) is 0 Å². The zero-order valence-corrected chi connectivity index (χ0v) is 28.1. The molecule has 42 heavy (non-hydrogen) atoms. The summed E-state index contributed by atoms with van der Waals surface area (Å²) in [6, 6.07) is 0. The SMILES string of the molecule is CCCCC/C=C\C/C=C\CCCCCCCCCC(=O)OC(CCC)CCCCCCCCCCCCCC(=O)O. The minimum atomic E-state index is -0.674. The molecule has 0 bridgehead atoms. The molecule has 1 N–H and O–H groups in total. The van der Waals surface area contributed by atoms with E-state index < -0.39 is 5.97 Å². The Balaban J connectivity index is 3.57. The van der Waals surface area contributed by atoms with Gasteiger partial charge in [0.15, 0.2) is 0 Å². The number of rotatable bonds is 33. The predicted molar refractivity (Wildman–Crippen MR) is 181 cm³/mol. The summed E-state index contributed by atoms with van der Waals surface area (Å²) in [7, 11) is 0. The van der Waals surface area contributed by atoms with Crippen molar-refractivity contribution in [3.05, 3.63) is 24.3 Å². The number of carbonyl (C=O) groups is 2. The lowest BCUT2D eigenvalue weighted by atomic mass is 10.0. The molecule has 4 nitrogen and oxygen atoms in total. The molecule has 0 saturated carbocycles. The number of allylic oxidation sites excluding steroid dienone is 4. The fourth-order valence-corrected chi connectivity index (χ4v) is 5.50. The molecular formula is C38H70O4. The van der Waals surface area contributed by atoms with Gasteiger partial charge in [0.25, 0.3) is 0 Å². The molecule has 1 atom stereocenters. The maximum atomic E-state index is 12.4. The highest BCUT2D eigenvalue weighted by Gasteiger charge is 2.13. The fourth-order valence-electron chi connectivity index (χ4n) is 5.50. The number of carbonyl (C=O) groups excluding carboxylic acids is 1. The van der Waals surface area contributed by atoms with Crippen LogP contribution in [-0.4, -0.2) is 23.1 Å². The molecule has 246 valence electrons. The summed E-state index contributed by atoms with van der Waals surface area (Å²) < 4.78 is 5.85. The Morgan fingerprint density at radius 3 is 1.48 bits per heavy atom. The normalized spacial score (nSPS) is 12.4. The van der Waals surface area contributed by atoms with Gasteiger partial charge < -0.3 is 9.84 Å². The first-order valence-corrected chi connectivity index (χ1v) is 18.3. The van der Waals surface area contributed by atoms with Crippen LogP contribution in [0, 0.1) is 0 Å². The van der Waals surface area contributed by atoms with E-state index >= 15 is 0 Å². The molecule has 0 heterocycles. The molecule has 0 aromatic rings. The van der Waals surface area contributed by atoms with Gasteiger partial charge in [0.05, 0.1) is 0 Å². The number of carboxylic acid groups (broad SMARTS) is 1. The number of ether oxygens (including phenoxy) is 1. The van der Waals surface area contributed by atoms with E-state index in [2.05, 4.69) is 38.2 Å². The van der Waals surface area contributed by atoms with Gasteiger partial charge >= 0.3 is 11.9 Å². The van der Waals surface area contributed by atoms with E-state index in [1.807, 2.05) is 0 Å². The third kappa shape index (κ3) is 32.9. The molecule has 0 fully saturated rings. The second-order valence-electron chi connectivity index (χ2n) is 12.4. The molecular weight excluding hydrogens is 520 g/mol. The molecule has 0 aromatic heterocycles. The van der Waals surface area contributed by atoms with Crippen molar-refractivity contribution in [2.45, 2.75) is 206 Å². The van der Waals surface area contributed by atoms with E-state index in [9.17, 15) is 9.59 Å². The lowest BCUT2D eigenvalue weighted by Crippen LogP contribution is -2.18. The van der Waals surface area contributed by atoms with Crippen LogP contribution in [-0.2, 0) is 14.3 Å². The molecule has 0 radical (unpaired) electrons. The van der Waals surface area contributed by atoms with Gasteiger partial charge in [-0.25, -0.2) is 0 Å². The van der Waals surface area contributed by atoms with Crippen LogP contribution in [0.15, 0.2) is 24.3 Å². The standard InChI is InChI=1S/C38H70O4/c1-3-5-6-7-8-9-10-11-12-13-14-15-19-22-25-28-31-35-38(41)42-36(32-4-2)33-29-26-23-20-17-16-18-21-24-27-30-34-37(39)40/h8-9,11-12,36H,3-7,10,13-35H2,1-2H3,(H,39,40)/b9-8-,12-11-. The van der Waals surface area contributed by atoms with Crippen molar-refractivity contribution in [3.8, 4) is 0 Å². The molecule has 0 spiro atoms. The molecule has 0 aromatic carbocycles. The van der Waals surface area contributed by atoms with Gasteiger partial charge in [-0.15, -0.1) is 0 Å². The Labute approximate surface area is 261 Å². The number of hydrogen-bond donors (Lipinski definition) is 1. The molecule has 0 aliphatic carbocycles. The Bertz CT molecular complexity index is 639. The fraction of sp³-hybridized carbons (Fsp3) is 0.842. The second kappa shape index (κ2) is 33.9. The molecule has 0 amide bonds. The Hall–Kier alpha value is -1.58. The minimum Gasteiger partial charge on any atom is -0.481 e. The van der Waals surface area contributed by atoms with E-state index in [-0.39, 0.29) is 12.1 Å². The van der Waals surface area contributed by atoms with Crippen molar-refractivity contribution in [2.75, 3.05) is 0 Å². The minimum absolute atomic E-state index is 0.0130. The molecule has 0 aliphatic rings. The van der Waals surface area contributed by atoms with Gasteiger partial charge in [-0.3, -0.25) is 9.59 Å². The van der Waals surface area contributed by atoms with Crippen LogP contribution < -0.4 is 0 Å². The van der Waals surface area contributed by atoms with E-state index in [0.29, 0.717) is 12.8 Å². The van der Waals surface area contributed by atoms with E-state index in [1.165, 1.54) is 116 Å². The third-order valence-corrected chi connectivity index (χ3v) is 8.16.